The van der Waals surface area contributed by atoms with Gasteiger partial charge in [0.2, 0.25) is 0 Å². The largest absolute Gasteiger partial charge is 0.481 e. The van der Waals surface area contributed by atoms with Gasteiger partial charge in [-0.3, -0.25) is 9.78 Å². The average Bonchev–Trinajstić information content (AvgIpc) is 3.02. The Morgan fingerprint density at radius 3 is 2.62 bits per heavy atom. The number of aliphatic hydroxyl groups excluding tert-OH is 1. The molecule has 0 saturated carbocycles. The third kappa shape index (κ3) is 6.33. The van der Waals surface area contributed by atoms with Gasteiger partial charge < -0.3 is 14.8 Å². The molecule has 0 amide bonds. The lowest BCUT2D eigenvalue weighted by Crippen LogP contribution is -2.11. The monoisotopic (exact) mass is 456 g/mol. The van der Waals surface area contributed by atoms with Gasteiger partial charge in [0.05, 0.1) is 11.6 Å². The van der Waals surface area contributed by atoms with Gasteiger partial charge in [0, 0.05) is 47.5 Å². The summed E-state index contributed by atoms with van der Waals surface area (Å²) in [5.41, 5.74) is 4.36. The van der Waals surface area contributed by atoms with E-state index in [1.54, 1.807) is 6.20 Å². The first kappa shape index (κ1) is 24.3. The van der Waals surface area contributed by atoms with Crippen LogP contribution in [0.15, 0.2) is 42.7 Å². The van der Waals surface area contributed by atoms with Crippen LogP contribution in [-0.4, -0.2) is 25.7 Å². The van der Waals surface area contributed by atoms with Gasteiger partial charge in [-0.15, -0.1) is 0 Å². The fraction of sp³-hybridized carbons (Fsp3) is 0.462. The minimum Gasteiger partial charge on any atom is -0.481 e. The number of hydrogen-bond donors (Lipinski definition) is 2. The number of carbonyl (C=O) groups is 1. The number of halogens is 1. The van der Waals surface area contributed by atoms with Crippen LogP contribution < -0.4 is 0 Å². The number of hydrogen-bond acceptors (Lipinski definition) is 3. The molecule has 32 heavy (non-hydrogen) atoms. The summed E-state index contributed by atoms with van der Waals surface area (Å²) in [4.78, 5) is 15.3. The molecule has 0 aliphatic rings. The third-order valence-electron chi connectivity index (χ3n) is 6.17. The van der Waals surface area contributed by atoms with E-state index in [-0.39, 0.29) is 12.3 Å². The molecule has 2 atom stereocenters. The van der Waals surface area contributed by atoms with Crippen molar-refractivity contribution >= 4 is 28.5 Å². The molecule has 0 spiro atoms. The van der Waals surface area contributed by atoms with Crippen LogP contribution in [0.3, 0.4) is 0 Å². The number of benzene rings is 1. The first-order valence-electron chi connectivity index (χ1n) is 11.4. The molecule has 2 N–H and O–H groups in total. The fourth-order valence-corrected chi connectivity index (χ4v) is 4.80. The summed E-state index contributed by atoms with van der Waals surface area (Å²) < 4.78 is 2.16. The SMILES string of the molecule is C[C@H](CC(=O)O)CC(O)c1c(CCCCCCc2cccc(Cl)c2)n(C)c2ccncc12. The molecule has 172 valence electrons. The normalized spacial score (nSPS) is 13.4. The van der Waals surface area contributed by atoms with Crippen molar-refractivity contribution in [2.45, 2.75) is 64.4 Å². The van der Waals surface area contributed by atoms with Crippen LogP contribution >= 0.6 is 11.6 Å². The highest BCUT2D eigenvalue weighted by Gasteiger charge is 2.23. The van der Waals surface area contributed by atoms with Crippen molar-refractivity contribution in [3.8, 4) is 0 Å². The maximum Gasteiger partial charge on any atom is 0.303 e. The van der Waals surface area contributed by atoms with Crippen LogP contribution in [0.1, 0.15) is 68.4 Å². The molecular weight excluding hydrogens is 424 g/mol. The summed E-state index contributed by atoms with van der Waals surface area (Å²) in [6.07, 6.45) is 9.70. The summed E-state index contributed by atoms with van der Waals surface area (Å²) in [5.74, 6) is -0.934. The average molecular weight is 457 g/mol. The highest BCUT2D eigenvalue weighted by Crippen LogP contribution is 2.34. The Bertz CT molecular complexity index is 1050. The van der Waals surface area contributed by atoms with Gasteiger partial charge in [-0.05, 0) is 61.8 Å². The first-order valence-corrected chi connectivity index (χ1v) is 11.8. The number of aliphatic carboxylic acids is 1. The zero-order chi connectivity index (χ0) is 23.1. The summed E-state index contributed by atoms with van der Waals surface area (Å²) in [6.45, 7) is 1.88. The van der Waals surface area contributed by atoms with Crippen molar-refractivity contribution in [3.05, 3.63) is 64.6 Å². The number of pyridine rings is 1. The van der Waals surface area contributed by atoms with Crippen LogP contribution in [0.25, 0.3) is 10.9 Å². The first-order chi connectivity index (χ1) is 15.4. The predicted molar refractivity (Wildman–Crippen MR) is 129 cm³/mol. The molecule has 2 heterocycles. The second kappa shape index (κ2) is 11.5. The molecule has 0 aliphatic heterocycles. The van der Waals surface area contributed by atoms with Crippen LogP contribution in [0.5, 0.6) is 0 Å². The lowest BCUT2D eigenvalue weighted by molar-refractivity contribution is -0.138. The summed E-state index contributed by atoms with van der Waals surface area (Å²) in [7, 11) is 2.04. The van der Waals surface area contributed by atoms with Gasteiger partial charge in [0.15, 0.2) is 0 Å². The molecule has 1 aromatic carbocycles. The van der Waals surface area contributed by atoms with Gasteiger partial charge in [-0.25, -0.2) is 0 Å². The maximum absolute atomic E-state index is 11.0. The van der Waals surface area contributed by atoms with E-state index in [9.17, 15) is 9.90 Å². The van der Waals surface area contributed by atoms with Crippen LogP contribution in [0.2, 0.25) is 5.02 Å². The van der Waals surface area contributed by atoms with E-state index in [4.69, 9.17) is 16.7 Å². The number of nitrogens with zero attached hydrogens (tertiary/aromatic N) is 2. The summed E-state index contributed by atoms with van der Waals surface area (Å²) >= 11 is 6.06. The van der Waals surface area contributed by atoms with Crippen molar-refractivity contribution in [2.24, 2.45) is 13.0 Å². The van der Waals surface area contributed by atoms with Crippen molar-refractivity contribution in [1.82, 2.24) is 9.55 Å². The van der Waals surface area contributed by atoms with Crippen LogP contribution in [0.4, 0.5) is 0 Å². The quantitative estimate of drug-likeness (QED) is 0.322. The number of carboxylic acid groups (broad SMARTS) is 1. The molecule has 0 saturated heterocycles. The number of carboxylic acids is 1. The Hall–Kier alpha value is -2.37. The fourth-order valence-electron chi connectivity index (χ4n) is 4.59. The molecule has 0 radical (unpaired) electrons. The molecule has 0 bridgehead atoms. The maximum atomic E-state index is 11.0. The van der Waals surface area contributed by atoms with Gasteiger partial charge in [0.1, 0.15) is 0 Å². The Morgan fingerprint density at radius 2 is 1.91 bits per heavy atom. The zero-order valence-corrected chi connectivity index (χ0v) is 19.7. The summed E-state index contributed by atoms with van der Waals surface area (Å²) in [6, 6.07) is 10.0. The number of aromatic nitrogens is 2. The summed E-state index contributed by atoms with van der Waals surface area (Å²) in [5, 5.41) is 21.9. The number of aryl methyl sites for hydroxylation is 2. The second-order valence-electron chi connectivity index (χ2n) is 8.81. The smallest absolute Gasteiger partial charge is 0.303 e. The number of aliphatic hydroxyl groups is 1. The molecule has 3 aromatic rings. The van der Waals surface area contributed by atoms with E-state index in [1.165, 1.54) is 5.56 Å². The van der Waals surface area contributed by atoms with Gasteiger partial charge in [-0.1, -0.05) is 43.5 Å². The predicted octanol–water partition coefficient (Wildman–Crippen LogP) is 6.11. The second-order valence-corrected chi connectivity index (χ2v) is 9.25. The van der Waals surface area contributed by atoms with E-state index in [0.717, 1.165) is 65.7 Å². The lowest BCUT2D eigenvalue weighted by atomic mass is 9.93. The van der Waals surface area contributed by atoms with Gasteiger partial charge >= 0.3 is 5.97 Å². The Morgan fingerprint density at radius 1 is 1.16 bits per heavy atom. The van der Waals surface area contributed by atoms with E-state index >= 15 is 0 Å². The lowest BCUT2D eigenvalue weighted by Gasteiger charge is -2.17. The number of unbranched alkanes of at least 4 members (excludes halogenated alkanes) is 3. The molecule has 2 aromatic heterocycles. The minimum atomic E-state index is -0.831. The van der Waals surface area contributed by atoms with E-state index < -0.39 is 12.1 Å². The molecule has 0 aliphatic carbocycles. The van der Waals surface area contributed by atoms with Gasteiger partial charge in [0.25, 0.3) is 0 Å². The van der Waals surface area contributed by atoms with Crippen LogP contribution in [-0.2, 0) is 24.7 Å². The Labute approximate surface area is 195 Å². The molecule has 0 fully saturated rings. The highest BCUT2D eigenvalue weighted by atomic mass is 35.5. The Balaban J connectivity index is 1.63. The van der Waals surface area contributed by atoms with Crippen molar-refractivity contribution in [2.75, 3.05) is 0 Å². The van der Waals surface area contributed by atoms with Crippen molar-refractivity contribution in [3.63, 3.8) is 0 Å². The molecule has 6 heteroatoms. The molecule has 3 rings (SSSR count). The van der Waals surface area contributed by atoms with Crippen molar-refractivity contribution < 1.29 is 15.0 Å². The molecule has 5 nitrogen and oxygen atoms in total. The Kier molecular flexibility index (Phi) is 8.71. The zero-order valence-electron chi connectivity index (χ0n) is 18.9. The highest BCUT2D eigenvalue weighted by molar-refractivity contribution is 6.30. The molecule has 1 unspecified atom stereocenters. The minimum absolute atomic E-state index is 0.0576. The van der Waals surface area contributed by atoms with E-state index in [2.05, 4.69) is 15.6 Å². The van der Waals surface area contributed by atoms with Gasteiger partial charge in [-0.2, -0.15) is 0 Å². The van der Waals surface area contributed by atoms with Crippen LogP contribution in [0, 0.1) is 5.92 Å². The standard InChI is InChI=1S/C26H33ClN2O3/c1-18(15-25(31)32)14-24(30)26-21-17-28-13-12-22(21)29(2)23(26)11-6-4-3-5-8-19-9-7-10-20(27)16-19/h7,9-10,12-13,16-18,24,30H,3-6,8,11,14-15H2,1-2H3,(H,31,32)/t18-,24?/m0/s1. The van der Waals surface area contributed by atoms with Crippen molar-refractivity contribution in [1.29, 1.82) is 0 Å². The third-order valence-corrected chi connectivity index (χ3v) is 6.40. The number of rotatable bonds is 12. The number of fused-ring (bicyclic) bond motifs is 1. The van der Waals surface area contributed by atoms with E-state index in [0.29, 0.717) is 6.42 Å². The van der Waals surface area contributed by atoms with E-state index in [1.807, 2.05) is 44.4 Å². The topological polar surface area (TPSA) is 75.3 Å². The molecular formula is C26H33ClN2O3.